The summed E-state index contributed by atoms with van der Waals surface area (Å²) in [6.07, 6.45) is 4.18. The van der Waals surface area contributed by atoms with Gasteiger partial charge in [0.05, 0.1) is 13.2 Å². The van der Waals surface area contributed by atoms with Crippen LogP contribution in [0.25, 0.3) is 0 Å². The zero-order valence-electron chi connectivity index (χ0n) is 12.8. The second-order valence-corrected chi connectivity index (χ2v) is 4.99. The Morgan fingerprint density at radius 2 is 1.32 bits per heavy atom. The Hall–Kier alpha value is -1.94. The average molecular weight is 298 g/mol. The third kappa shape index (κ3) is 5.45. The second-order valence-electron chi connectivity index (χ2n) is 4.99. The number of hydrogen-bond donors (Lipinski definition) is 1. The molecule has 2 aromatic rings. The molecule has 0 spiro atoms. The van der Waals surface area contributed by atoms with Crippen molar-refractivity contribution in [1.82, 2.24) is 0 Å². The Bertz CT molecular complexity index is 520. The summed E-state index contributed by atoms with van der Waals surface area (Å²) in [5.74, 6) is -1.72. The normalized spacial score (nSPS) is 11.9. The van der Waals surface area contributed by atoms with Gasteiger partial charge >= 0.3 is 5.97 Å². The lowest BCUT2D eigenvalue weighted by Crippen LogP contribution is -2.33. The van der Waals surface area contributed by atoms with Crippen molar-refractivity contribution in [2.45, 2.75) is 32.5 Å². The van der Waals surface area contributed by atoms with E-state index in [1.54, 1.807) is 6.08 Å². The van der Waals surface area contributed by atoms with Gasteiger partial charge in [-0.2, -0.15) is 0 Å². The summed E-state index contributed by atoms with van der Waals surface area (Å²) in [5.41, 5.74) is 1.96. The molecule has 0 amide bonds. The summed E-state index contributed by atoms with van der Waals surface area (Å²) in [6.45, 7) is 2.55. The molecule has 0 aliphatic rings. The molecule has 3 nitrogen and oxygen atoms in total. The summed E-state index contributed by atoms with van der Waals surface area (Å²) in [7, 11) is 0. The van der Waals surface area contributed by atoms with Crippen molar-refractivity contribution in [2.75, 3.05) is 0 Å². The zero-order valence-corrected chi connectivity index (χ0v) is 12.8. The van der Waals surface area contributed by atoms with E-state index in [-0.39, 0.29) is 13.2 Å². The van der Waals surface area contributed by atoms with Crippen molar-refractivity contribution in [2.24, 2.45) is 0 Å². The SMILES string of the molecule is CCC=CC(O)(OCc1ccccc1)OCc1ccccc1. The van der Waals surface area contributed by atoms with E-state index in [2.05, 4.69) is 0 Å². The number of ether oxygens (including phenoxy) is 2. The smallest absolute Gasteiger partial charge is 0.302 e. The summed E-state index contributed by atoms with van der Waals surface area (Å²) < 4.78 is 11.2. The molecular formula is C19H22O3. The first kappa shape index (κ1) is 16.4. The van der Waals surface area contributed by atoms with Gasteiger partial charge in [0.1, 0.15) is 0 Å². The second kappa shape index (κ2) is 8.49. The first-order valence-corrected chi connectivity index (χ1v) is 7.48. The molecule has 2 aromatic carbocycles. The third-order valence-electron chi connectivity index (χ3n) is 3.14. The van der Waals surface area contributed by atoms with Gasteiger partial charge in [0, 0.05) is 6.08 Å². The van der Waals surface area contributed by atoms with Crippen molar-refractivity contribution in [3.05, 3.63) is 83.9 Å². The van der Waals surface area contributed by atoms with E-state index in [0.717, 1.165) is 17.5 Å². The predicted octanol–water partition coefficient (Wildman–Crippen LogP) is 4.03. The van der Waals surface area contributed by atoms with Gasteiger partial charge in [0.15, 0.2) is 0 Å². The van der Waals surface area contributed by atoms with Gasteiger partial charge in [-0.05, 0) is 17.5 Å². The van der Waals surface area contributed by atoms with E-state index in [9.17, 15) is 5.11 Å². The number of allylic oxidation sites excluding steroid dienone is 1. The van der Waals surface area contributed by atoms with Gasteiger partial charge in [-0.25, -0.2) is 0 Å². The van der Waals surface area contributed by atoms with Crippen LogP contribution in [0.2, 0.25) is 0 Å². The summed E-state index contributed by atoms with van der Waals surface area (Å²) in [5, 5.41) is 10.5. The first-order valence-electron chi connectivity index (χ1n) is 7.48. The lowest BCUT2D eigenvalue weighted by Gasteiger charge is -2.25. The van der Waals surface area contributed by atoms with Crippen molar-refractivity contribution in [3.8, 4) is 0 Å². The number of rotatable bonds is 8. The van der Waals surface area contributed by atoms with E-state index in [0.29, 0.717) is 0 Å². The van der Waals surface area contributed by atoms with Gasteiger partial charge in [0.2, 0.25) is 0 Å². The van der Waals surface area contributed by atoms with Crippen molar-refractivity contribution in [1.29, 1.82) is 0 Å². The van der Waals surface area contributed by atoms with Crippen LogP contribution < -0.4 is 0 Å². The van der Waals surface area contributed by atoms with Gasteiger partial charge < -0.3 is 14.6 Å². The number of aliphatic hydroxyl groups is 1. The molecule has 0 saturated carbocycles. The predicted molar refractivity (Wildman–Crippen MR) is 86.8 cm³/mol. The number of benzene rings is 2. The molecule has 1 N–H and O–H groups in total. The number of hydrogen-bond acceptors (Lipinski definition) is 3. The lowest BCUT2D eigenvalue weighted by molar-refractivity contribution is -0.338. The molecular weight excluding hydrogens is 276 g/mol. The zero-order chi connectivity index (χ0) is 15.7. The highest BCUT2D eigenvalue weighted by molar-refractivity contribution is 5.14. The van der Waals surface area contributed by atoms with E-state index in [1.807, 2.05) is 73.7 Å². The molecule has 0 fully saturated rings. The molecule has 2 rings (SSSR count). The highest BCUT2D eigenvalue weighted by Crippen LogP contribution is 2.17. The van der Waals surface area contributed by atoms with Crippen molar-refractivity contribution < 1.29 is 14.6 Å². The Morgan fingerprint density at radius 1 is 0.864 bits per heavy atom. The molecule has 0 aromatic heterocycles. The van der Waals surface area contributed by atoms with E-state index in [1.165, 1.54) is 0 Å². The minimum Gasteiger partial charge on any atom is -0.340 e. The minimum atomic E-state index is -1.72. The molecule has 0 atom stereocenters. The van der Waals surface area contributed by atoms with Crippen LogP contribution in [0.15, 0.2) is 72.8 Å². The fourth-order valence-electron chi connectivity index (χ4n) is 1.93. The van der Waals surface area contributed by atoms with E-state index in [4.69, 9.17) is 9.47 Å². The first-order chi connectivity index (χ1) is 10.7. The Labute approximate surface area is 131 Å². The van der Waals surface area contributed by atoms with Gasteiger partial charge in [0.25, 0.3) is 0 Å². The molecule has 0 aliphatic carbocycles. The fraction of sp³-hybridized carbons (Fsp3) is 0.263. The van der Waals surface area contributed by atoms with Crippen LogP contribution in [0.3, 0.4) is 0 Å². The van der Waals surface area contributed by atoms with Gasteiger partial charge in [-0.3, -0.25) is 0 Å². The van der Waals surface area contributed by atoms with Crippen LogP contribution >= 0.6 is 0 Å². The van der Waals surface area contributed by atoms with Gasteiger partial charge in [-0.1, -0.05) is 73.7 Å². The largest absolute Gasteiger partial charge is 0.340 e. The quantitative estimate of drug-likeness (QED) is 0.590. The van der Waals surface area contributed by atoms with Crippen LogP contribution in [0.4, 0.5) is 0 Å². The monoisotopic (exact) mass is 298 g/mol. The molecule has 0 radical (unpaired) electrons. The van der Waals surface area contributed by atoms with E-state index >= 15 is 0 Å². The molecule has 0 aliphatic heterocycles. The molecule has 0 bridgehead atoms. The molecule has 0 saturated heterocycles. The highest BCUT2D eigenvalue weighted by Gasteiger charge is 2.25. The average Bonchev–Trinajstić information content (AvgIpc) is 2.59. The molecule has 22 heavy (non-hydrogen) atoms. The maximum Gasteiger partial charge on any atom is 0.302 e. The van der Waals surface area contributed by atoms with Crippen LogP contribution in [-0.4, -0.2) is 11.1 Å². The van der Waals surface area contributed by atoms with Crippen LogP contribution in [0.1, 0.15) is 24.5 Å². The standard InChI is InChI=1S/C19H22O3/c1-2-3-14-19(20,21-15-17-10-6-4-7-11-17)22-16-18-12-8-5-9-13-18/h3-14,20H,2,15-16H2,1H3. The minimum absolute atomic E-state index is 0.278. The maximum atomic E-state index is 10.5. The molecule has 0 unspecified atom stereocenters. The van der Waals surface area contributed by atoms with Gasteiger partial charge in [-0.15, -0.1) is 0 Å². The summed E-state index contributed by atoms with van der Waals surface area (Å²) >= 11 is 0. The van der Waals surface area contributed by atoms with E-state index < -0.39 is 5.97 Å². The summed E-state index contributed by atoms with van der Waals surface area (Å²) in [4.78, 5) is 0. The fourth-order valence-corrected chi connectivity index (χ4v) is 1.93. The Kier molecular flexibility index (Phi) is 6.34. The highest BCUT2D eigenvalue weighted by atomic mass is 16.8. The third-order valence-corrected chi connectivity index (χ3v) is 3.14. The van der Waals surface area contributed by atoms with Crippen molar-refractivity contribution in [3.63, 3.8) is 0 Å². The summed E-state index contributed by atoms with van der Waals surface area (Å²) in [6, 6.07) is 19.4. The van der Waals surface area contributed by atoms with Crippen LogP contribution in [-0.2, 0) is 22.7 Å². The molecule has 3 heteroatoms. The molecule has 116 valence electrons. The topological polar surface area (TPSA) is 38.7 Å². The van der Waals surface area contributed by atoms with Crippen molar-refractivity contribution >= 4 is 0 Å². The Morgan fingerprint density at radius 3 is 1.73 bits per heavy atom. The lowest BCUT2D eigenvalue weighted by atomic mass is 10.2. The van der Waals surface area contributed by atoms with Crippen LogP contribution in [0.5, 0.6) is 0 Å². The molecule has 0 heterocycles. The van der Waals surface area contributed by atoms with Crippen LogP contribution in [0, 0.1) is 0 Å². The maximum absolute atomic E-state index is 10.5. The Balaban J connectivity index is 1.98.